The van der Waals surface area contributed by atoms with E-state index in [1.807, 2.05) is 14.1 Å². The molecule has 0 radical (unpaired) electrons. The molecule has 3 rings (SSSR count). The van der Waals surface area contributed by atoms with E-state index in [1.165, 1.54) is 11.8 Å². The van der Waals surface area contributed by atoms with Crippen molar-refractivity contribution in [1.82, 2.24) is 24.9 Å². The summed E-state index contributed by atoms with van der Waals surface area (Å²) in [5, 5.41) is 1.28. The lowest BCUT2D eigenvalue weighted by atomic mass is 9.98. The first-order chi connectivity index (χ1) is 13.3. The molecule has 3 N–H and O–H groups in total. The molecular weight excluding hydrogens is 394 g/mol. The minimum absolute atomic E-state index is 0.0840. The Kier molecular flexibility index (Phi) is 6.19. The van der Waals surface area contributed by atoms with E-state index in [4.69, 9.17) is 5.73 Å². The molecule has 0 fully saturated rings. The van der Waals surface area contributed by atoms with Crippen LogP contribution in [0, 0.1) is 12.8 Å². The second-order valence-electron chi connectivity index (χ2n) is 7.00. The van der Waals surface area contributed by atoms with Crippen LogP contribution in [0.3, 0.4) is 0 Å². The molecule has 3 aromatic rings. The van der Waals surface area contributed by atoms with Crippen LogP contribution < -0.4 is 16.2 Å². The van der Waals surface area contributed by atoms with Gasteiger partial charge in [-0.1, -0.05) is 32.0 Å². The first kappa shape index (κ1) is 20.5. The monoisotopic (exact) mass is 419 g/mol. The third kappa shape index (κ3) is 4.44. The van der Waals surface area contributed by atoms with Crippen molar-refractivity contribution in [2.24, 2.45) is 5.92 Å². The molecule has 0 bridgehead atoms. The van der Waals surface area contributed by atoms with Crippen LogP contribution in [0.4, 0.5) is 11.9 Å². The number of hydrogen-bond donors (Lipinski definition) is 2. The number of aromatic amines is 1. The van der Waals surface area contributed by atoms with Gasteiger partial charge < -0.3 is 15.6 Å². The van der Waals surface area contributed by atoms with Gasteiger partial charge in [-0.05, 0) is 24.8 Å². The number of rotatable bonds is 7. The summed E-state index contributed by atoms with van der Waals surface area (Å²) in [6.45, 7) is 6.44. The Morgan fingerprint density at radius 1 is 1.25 bits per heavy atom. The number of thiophene rings is 1. The summed E-state index contributed by atoms with van der Waals surface area (Å²) in [4.78, 5) is 36.7. The van der Waals surface area contributed by atoms with E-state index in [1.54, 1.807) is 16.2 Å². The SMILES string of the molecule is CC[C@H](C)Cc1c(C)sc2nc(SCc3nc(N)nc(N(C)C)n3)[nH]c(=O)c12. The van der Waals surface area contributed by atoms with Crippen molar-refractivity contribution in [3.63, 3.8) is 0 Å². The number of hydrogen-bond acceptors (Lipinski definition) is 9. The molecule has 3 aromatic heterocycles. The average Bonchev–Trinajstić information content (AvgIpc) is 2.95. The molecule has 0 amide bonds. The summed E-state index contributed by atoms with van der Waals surface area (Å²) in [6, 6.07) is 0. The minimum atomic E-state index is -0.0840. The maximum atomic E-state index is 12.7. The lowest BCUT2D eigenvalue weighted by molar-refractivity contribution is 0.561. The van der Waals surface area contributed by atoms with Crippen LogP contribution in [0.15, 0.2) is 9.95 Å². The third-order valence-electron chi connectivity index (χ3n) is 4.52. The van der Waals surface area contributed by atoms with Gasteiger partial charge in [0.05, 0.1) is 11.1 Å². The molecule has 28 heavy (non-hydrogen) atoms. The lowest BCUT2D eigenvalue weighted by Crippen LogP contribution is -2.16. The highest BCUT2D eigenvalue weighted by atomic mass is 32.2. The topological polar surface area (TPSA) is 114 Å². The molecule has 10 heteroatoms. The fourth-order valence-electron chi connectivity index (χ4n) is 2.78. The first-order valence-electron chi connectivity index (χ1n) is 9.11. The standard InChI is InChI=1S/C18H25N7OS2/c1-6-9(2)7-11-10(3)28-15-13(11)14(26)22-18(23-15)27-8-12-20-16(19)24-17(21-12)25(4)5/h9H,6-8H2,1-5H3,(H,22,23,26)(H2,19,20,21,24)/t9-/m0/s1. The van der Waals surface area contributed by atoms with Crippen molar-refractivity contribution >= 4 is 45.2 Å². The lowest BCUT2D eigenvalue weighted by Gasteiger charge is -2.11. The maximum absolute atomic E-state index is 12.7. The van der Waals surface area contributed by atoms with Crippen molar-refractivity contribution in [2.75, 3.05) is 24.7 Å². The minimum Gasteiger partial charge on any atom is -0.368 e. The molecule has 0 unspecified atom stereocenters. The van der Waals surface area contributed by atoms with E-state index >= 15 is 0 Å². The van der Waals surface area contributed by atoms with Gasteiger partial charge in [0.2, 0.25) is 11.9 Å². The molecule has 8 nitrogen and oxygen atoms in total. The molecule has 0 saturated heterocycles. The van der Waals surface area contributed by atoms with Crippen LogP contribution in [-0.2, 0) is 12.2 Å². The van der Waals surface area contributed by atoms with Gasteiger partial charge in [-0.15, -0.1) is 11.3 Å². The molecule has 0 saturated carbocycles. The van der Waals surface area contributed by atoms with Gasteiger partial charge in [0.15, 0.2) is 5.16 Å². The number of anilines is 2. The quantitative estimate of drug-likeness (QED) is 0.444. The fraction of sp³-hybridized carbons (Fsp3) is 0.500. The Hall–Kier alpha value is -2.20. The maximum Gasteiger partial charge on any atom is 0.260 e. The van der Waals surface area contributed by atoms with Gasteiger partial charge in [-0.2, -0.15) is 15.0 Å². The van der Waals surface area contributed by atoms with Crippen LogP contribution >= 0.6 is 23.1 Å². The predicted molar refractivity (Wildman–Crippen MR) is 116 cm³/mol. The number of thioether (sulfide) groups is 1. The number of nitrogen functional groups attached to an aromatic ring is 1. The number of H-pyrrole nitrogens is 1. The normalized spacial score (nSPS) is 12.5. The highest BCUT2D eigenvalue weighted by molar-refractivity contribution is 7.98. The molecular formula is C18H25N7OS2. The molecule has 0 aliphatic heterocycles. The van der Waals surface area contributed by atoms with Crippen LogP contribution in [-0.4, -0.2) is 39.0 Å². The summed E-state index contributed by atoms with van der Waals surface area (Å²) in [7, 11) is 3.68. The van der Waals surface area contributed by atoms with E-state index in [0.29, 0.717) is 28.6 Å². The Morgan fingerprint density at radius 2 is 2.00 bits per heavy atom. The average molecular weight is 420 g/mol. The molecule has 150 valence electrons. The zero-order valence-electron chi connectivity index (χ0n) is 16.7. The van der Waals surface area contributed by atoms with Crippen LogP contribution in [0.2, 0.25) is 0 Å². The summed E-state index contributed by atoms with van der Waals surface area (Å²) in [5.41, 5.74) is 6.81. The molecule has 3 heterocycles. The van der Waals surface area contributed by atoms with E-state index < -0.39 is 0 Å². The smallest absolute Gasteiger partial charge is 0.260 e. The number of nitrogens with zero attached hydrogens (tertiary/aromatic N) is 5. The van der Waals surface area contributed by atoms with Crippen molar-refractivity contribution < 1.29 is 0 Å². The van der Waals surface area contributed by atoms with Gasteiger partial charge in [0, 0.05) is 19.0 Å². The third-order valence-corrected chi connectivity index (χ3v) is 6.43. The van der Waals surface area contributed by atoms with Crippen molar-refractivity contribution in [2.45, 2.75) is 44.5 Å². The van der Waals surface area contributed by atoms with Gasteiger partial charge in [0.1, 0.15) is 10.7 Å². The van der Waals surface area contributed by atoms with Crippen molar-refractivity contribution in [1.29, 1.82) is 0 Å². The van der Waals surface area contributed by atoms with Gasteiger partial charge in [-0.25, -0.2) is 4.98 Å². The zero-order chi connectivity index (χ0) is 20.4. The number of aryl methyl sites for hydroxylation is 1. The summed E-state index contributed by atoms with van der Waals surface area (Å²) in [6.07, 6.45) is 1.98. The highest BCUT2D eigenvalue weighted by Gasteiger charge is 2.17. The summed E-state index contributed by atoms with van der Waals surface area (Å²) in [5.74, 6) is 2.19. The van der Waals surface area contributed by atoms with E-state index in [0.717, 1.165) is 33.5 Å². The van der Waals surface area contributed by atoms with E-state index in [9.17, 15) is 4.79 Å². The zero-order valence-corrected chi connectivity index (χ0v) is 18.4. The highest BCUT2D eigenvalue weighted by Crippen LogP contribution is 2.31. The van der Waals surface area contributed by atoms with Gasteiger partial charge in [0.25, 0.3) is 5.56 Å². The molecule has 0 aliphatic carbocycles. The Bertz CT molecular complexity index is 1040. The molecule has 0 spiro atoms. The molecule has 1 atom stereocenters. The van der Waals surface area contributed by atoms with Crippen LogP contribution in [0.1, 0.15) is 36.5 Å². The summed E-state index contributed by atoms with van der Waals surface area (Å²) >= 11 is 2.96. The first-order valence-corrected chi connectivity index (χ1v) is 10.9. The number of aromatic nitrogens is 5. The summed E-state index contributed by atoms with van der Waals surface area (Å²) < 4.78 is 0. The largest absolute Gasteiger partial charge is 0.368 e. The van der Waals surface area contributed by atoms with Gasteiger partial charge >= 0.3 is 0 Å². The number of fused-ring (bicyclic) bond motifs is 1. The number of nitrogens with one attached hydrogen (secondary N) is 1. The van der Waals surface area contributed by atoms with Gasteiger partial charge in [-0.3, -0.25) is 4.79 Å². The van der Waals surface area contributed by atoms with Crippen molar-refractivity contribution in [3.05, 3.63) is 26.6 Å². The fourth-order valence-corrected chi connectivity index (χ4v) is 4.61. The van der Waals surface area contributed by atoms with Crippen LogP contribution in [0.25, 0.3) is 10.2 Å². The van der Waals surface area contributed by atoms with Crippen molar-refractivity contribution in [3.8, 4) is 0 Å². The van der Waals surface area contributed by atoms with E-state index in [2.05, 4.69) is 45.7 Å². The Morgan fingerprint density at radius 3 is 2.68 bits per heavy atom. The predicted octanol–water partition coefficient (Wildman–Crippen LogP) is 3.01. The van der Waals surface area contributed by atoms with E-state index in [-0.39, 0.29) is 11.5 Å². The Labute approximate surface area is 172 Å². The van der Waals surface area contributed by atoms with Crippen LogP contribution in [0.5, 0.6) is 0 Å². The molecule has 0 aliphatic rings. The second kappa shape index (κ2) is 8.44. The molecule has 0 aromatic carbocycles. The second-order valence-corrected chi connectivity index (χ2v) is 9.17. The number of nitrogens with two attached hydrogens (primary N) is 1. The Balaban J connectivity index is 1.86.